The predicted octanol–water partition coefficient (Wildman–Crippen LogP) is 1.99. The fourth-order valence-corrected chi connectivity index (χ4v) is 2.17. The van der Waals surface area contributed by atoms with Gasteiger partial charge in [0, 0.05) is 23.8 Å². The van der Waals surface area contributed by atoms with Crippen molar-refractivity contribution in [2.75, 3.05) is 26.3 Å². The number of hydrogen-bond donors (Lipinski definition) is 0. The maximum absolute atomic E-state index is 13.5. The van der Waals surface area contributed by atoms with Crippen molar-refractivity contribution in [3.05, 3.63) is 28.2 Å². The Hall–Kier alpha value is -0.590. The standard InChI is InChI=1S/C10H10BrFN2OS/c11-7-5-8(9(12)13-6-7)10(16)14-1-3-15-4-2-14/h5-6H,1-4H2. The number of ether oxygens (including phenoxy) is 1. The molecule has 0 N–H and O–H groups in total. The molecule has 0 amide bonds. The minimum Gasteiger partial charge on any atom is -0.378 e. The second-order valence-corrected chi connectivity index (χ2v) is 4.70. The molecule has 0 atom stereocenters. The molecule has 1 aliphatic rings. The van der Waals surface area contributed by atoms with E-state index in [4.69, 9.17) is 17.0 Å². The molecule has 0 spiro atoms. The fourth-order valence-electron chi connectivity index (χ4n) is 1.51. The van der Waals surface area contributed by atoms with E-state index in [9.17, 15) is 4.39 Å². The molecule has 1 aliphatic heterocycles. The fraction of sp³-hybridized carbons (Fsp3) is 0.400. The lowest BCUT2D eigenvalue weighted by Crippen LogP contribution is -2.40. The average molecular weight is 305 g/mol. The Bertz CT molecular complexity index is 410. The van der Waals surface area contributed by atoms with E-state index in [1.165, 1.54) is 6.20 Å². The van der Waals surface area contributed by atoms with Gasteiger partial charge in [-0.3, -0.25) is 0 Å². The van der Waals surface area contributed by atoms with Crippen molar-refractivity contribution in [1.29, 1.82) is 0 Å². The van der Waals surface area contributed by atoms with Crippen molar-refractivity contribution < 1.29 is 9.13 Å². The van der Waals surface area contributed by atoms with Gasteiger partial charge in [0.15, 0.2) is 0 Å². The minimum atomic E-state index is -0.528. The van der Waals surface area contributed by atoms with Gasteiger partial charge in [0.25, 0.3) is 0 Å². The van der Waals surface area contributed by atoms with Crippen molar-refractivity contribution in [2.45, 2.75) is 0 Å². The number of pyridine rings is 1. The van der Waals surface area contributed by atoms with Crippen LogP contribution in [0.1, 0.15) is 5.56 Å². The maximum atomic E-state index is 13.5. The summed E-state index contributed by atoms with van der Waals surface area (Å²) in [5.41, 5.74) is 0.367. The molecule has 1 aromatic heterocycles. The van der Waals surface area contributed by atoms with E-state index in [0.29, 0.717) is 36.9 Å². The van der Waals surface area contributed by atoms with Gasteiger partial charge < -0.3 is 9.64 Å². The van der Waals surface area contributed by atoms with Crippen LogP contribution in [0.15, 0.2) is 16.7 Å². The summed E-state index contributed by atoms with van der Waals surface area (Å²) in [6, 6.07) is 1.65. The topological polar surface area (TPSA) is 25.4 Å². The first-order valence-corrected chi connectivity index (χ1v) is 6.06. The van der Waals surface area contributed by atoms with Gasteiger partial charge in [-0.2, -0.15) is 4.39 Å². The first-order chi connectivity index (χ1) is 7.68. The molecule has 2 rings (SSSR count). The van der Waals surface area contributed by atoms with Gasteiger partial charge in [-0.1, -0.05) is 12.2 Å². The molecule has 0 aliphatic carbocycles. The molecule has 1 fully saturated rings. The van der Waals surface area contributed by atoms with E-state index in [-0.39, 0.29) is 0 Å². The molecule has 0 saturated carbocycles. The molecule has 16 heavy (non-hydrogen) atoms. The summed E-state index contributed by atoms with van der Waals surface area (Å²) in [4.78, 5) is 6.07. The van der Waals surface area contributed by atoms with E-state index >= 15 is 0 Å². The second kappa shape index (κ2) is 5.16. The Morgan fingerprint density at radius 1 is 1.50 bits per heavy atom. The molecule has 1 aromatic rings. The molecule has 0 bridgehead atoms. The number of thiocarbonyl (C=S) groups is 1. The Balaban J connectivity index is 2.22. The summed E-state index contributed by atoms with van der Waals surface area (Å²) in [6.45, 7) is 2.65. The van der Waals surface area contributed by atoms with Crippen molar-refractivity contribution in [3.8, 4) is 0 Å². The number of nitrogens with zero attached hydrogens (tertiary/aromatic N) is 2. The number of halogens is 2. The summed E-state index contributed by atoms with van der Waals surface area (Å²) < 4.78 is 19.4. The van der Waals surface area contributed by atoms with Crippen LogP contribution < -0.4 is 0 Å². The number of morpholine rings is 1. The van der Waals surface area contributed by atoms with Crippen molar-refractivity contribution in [2.24, 2.45) is 0 Å². The van der Waals surface area contributed by atoms with Crippen LogP contribution in [0.4, 0.5) is 4.39 Å². The number of rotatable bonds is 1. The van der Waals surface area contributed by atoms with E-state index in [1.807, 2.05) is 4.90 Å². The summed E-state index contributed by atoms with van der Waals surface area (Å²) >= 11 is 8.51. The van der Waals surface area contributed by atoms with Gasteiger partial charge >= 0.3 is 0 Å². The van der Waals surface area contributed by atoms with E-state index in [2.05, 4.69) is 20.9 Å². The highest BCUT2D eigenvalue weighted by molar-refractivity contribution is 9.10. The van der Waals surface area contributed by atoms with Gasteiger partial charge in [0.05, 0.1) is 18.8 Å². The molecule has 86 valence electrons. The van der Waals surface area contributed by atoms with Gasteiger partial charge in [-0.15, -0.1) is 0 Å². The van der Waals surface area contributed by atoms with Crippen LogP contribution >= 0.6 is 28.1 Å². The van der Waals surface area contributed by atoms with Gasteiger partial charge in [-0.25, -0.2) is 4.98 Å². The molecule has 3 nitrogen and oxygen atoms in total. The van der Waals surface area contributed by atoms with E-state index < -0.39 is 5.95 Å². The quantitative estimate of drug-likeness (QED) is 0.585. The third-order valence-electron chi connectivity index (χ3n) is 2.33. The number of hydrogen-bond acceptors (Lipinski definition) is 3. The highest BCUT2D eigenvalue weighted by Gasteiger charge is 2.18. The van der Waals surface area contributed by atoms with Crippen LogP contribution in [0.3, 0.4) is 0 Å². The lowest BCUT2D eigenvalue weighted by atomic mass is 10.2. The highest BCUT2D eigenvalue weighted by Crippen LogP contribution is 2.16. The Morgan fingerprint density at radius 3 is 2.88 bits per heavy atom. The van der Waals surface area contributed by atoms with Crippen molar-refractivity contribution >= 4 is 33.1 Å². The zero-order valence-corrected chi connectivity index (χ0v) is 10.9. The van der Waals surface area contributed by atoms with Crippen LogP contribution in [0, 0.1) is 5.95 Å². The van der Waals surface area contributed by atoms with Gasteiger partial charge in [-0.05, 0) is 22.0 Å². The summed E-state index contributed by atoms with van der Waals surface area (Å²) in [7, 11) is 0. The molecule has 0 radical (unpaired) electrons. The minimum absolute atomic E-state index is 0.367. The highest BCUT2D eigenvalue weighted by atomic mass is 79.9. The first-order valence-electron chi connectivity index (χ1n) is 4.86. The van der Waals surface area contributed by atoms with Crippen LogP contribution in [0.2, 0.25) is 0 Å². The normalized spacial score (nSPS) is 16.2. The molecule has 1 saturated heterocycles. The summed E-state index contributed by atoms with van der Waals surface area (Å²) in [5, 5.41) is 0. The molecule has 0 aromatic carbocycles. The third-order valence-corrected chi connectivity index (χ3v) is 3.25. The SMILES string of the molecule is Fc1ncc(Br)cc1C(=S)N1CCOCC1. The van der Waals surface area contributed by atoms with Crippen molar-refractivity contribution in [3.63, 3.8) is 0 Å². The van der Waals surface area contributed by atoms with E-state index in [0.717, 1.165) is 4.47 Å². The Kier molecular flexibility index (Phi) is 3.83. The number of aromatic nitrogens is 1. The molecule has 0 unspecified atom stereocenters. The first kappa shape index (κ1) is 11.9. The van der Waals surface area contributed by atoms with Crippen LogP contribution in [-0.4, -0.2) is 41.2 Å². The van der Waals surface area contributed by atoms with Crippen LogP contribution in [0.25, 0.3) is 0 Å². The zero-order valence-electron chi connectivity index (χ0n) is 8.45. The van der Waals surface area contributed by atoms with Crippen molar-refractivity contribution in [1.82, 2.24) is 9.88 Å². The smallest absolute Gasteiger partial charge is 0.223 e. The molecular weight excluding hydrogens is 295 g/mol. The summed E-state index contributed by atoms with van der Waals surface area (Å²) in [6.07, 6.45) is 1.42. The lowest BCUT2D eigenvalue weighted by molar-refractivity contribution is 0.0692. The lowest BCUT2D eigenvalue weighted by Gasteiger charge is -2.29. The molecule has 2 heterocycles. The Morgan fingerprint density at radius 2 is 2.19 bits per heavy atom. The summed E-state index contributed by atoms with van der Waals surface area (Å²) in [5.74, 6) is -0.528. The molecule has 6 heteroatoms. The predicted molar refractivity (Wildman–Crippen MR) is 66.0 cm³/mol. The third kappa shape index (κ3) is 2.56. The Labute approximate surface area is 107 Å². The zero-order chi connectivity index (χ0) is 11.5. The molecular formula is C10H10BrFN2OS. The van der Waals surface area contributed by atoms with Crippen LogP contribution in [0.5, 0.6) is 0 Å². The van der Waals surface area contributed by atoms with Gasteiger partial charge in [0.2, 0.25) is 5.95 Å². The van der Waals surface area contributed by atoms with Crippen LogP contribution in [-0.2, 0) is 4.74 Å². The van der Waals surface area contributed by atoms with E-state index in [1.54, 1.807) is 6.07 Å². The maximum Gasteiger partial charge on any atom is 0.223 e. The monoisotopic (exact) mass is 304 g/mol. The average Bonchev–Trinajstić information content (AvgIpc) is 2.32. The second-order valence-electron chi connectivity index (χ2n) is 3.40. The largest absolute Gasteiger partial charge is 0.378 e. The van der Waals surface area contributed by atoms with Gasteiger partial charge in [0.1, 0.15) is 4.99 Å².